The van der Waals surface area contributed by atoms with E-state index in [1.165, 1.54) is 23.2 Å². The Morgan fingerprint density at radius 3 is 2.72 bits per heavy atom. The van der Waals surface area contributed by atoms with Crippen LogP contribution in [0.5, 0.6) is 5.88 Å². The maximum atomic E-state index is 12.2. The summed E-state index contributed by atoms with van der Waals surface area (Å²) in [5, 5.41) is 7.60. The number of benzene rings is 1. The normalized spacial score (nSPS) is 12.2. The minimum Gasteiger partial charge on any atom is -0.468 e. The van der Waals surface area contributed by atoms with Crippen molar-refractivity contribution in [3.63, 3.8) is 0 Å². The summed E-state index contributed by atoms with van der Waals surface area (Å²) in [5.41, 5.74) is 3.13. The Hall–Kier alpha value is -3.23. The molecule has 9 heteroatoms. The zero-order chi connectivity index (χ0) is 20.7. The van der Waals surface area contributed by atoms with Crippen molar-refractivity contribution in [2.24, 2.45) is 4.99 Å². The molecule has 0 radical (unpaired) electrons. The number of nitrogens with one attached hydrogen (secondary N) is 3. The molecule has 0 bridgehead atoms. The number of hydrogen-bond acceptors (Lipinski definition) is 3. The number of para-hydroxylation sites is 1. The number of guanidine groups is 1. The fraction of sp³-hybridized carbons (Fsp3) is 0.300. The van der Waals surface area contributed by atoms with E-state index in [4.69, 9.17) is 0 Å². The number of nitrogens with zero attached hydrogens (tertiary/aromatic N) is 2. The van der Waals surface area contributed by atoms with Gasteiger partial charge in [0.15, 0.2) is 12.6 Å². The average molecular weight is 405 g/mol. The van der Waals surface area contributed by atoms with Crippen LogP contribution in [-0.4, -0.2) is 42.3 Å². The molecule has 0 aliphatic heterocycles. The zero-order valence-corrected chi connectivity index (χ0v) is 15.9. The van der Waals surface area contributed by atoms with E-state index in [1.54, 1.807) is 13.1 Å². The van der Waals surface area contributed by atoms with Crippen molar-refractivity contribution >= 4 is 16.9 Å². The van der Waals surface area contributed by atoms with Crippen LogP contribution < -0.4 is 15.4 Å². The van der Waals surface area contributed by atoms with E-state index < -0.39 is 12.8 Å². The number of aromatic nitrogens is 2. The zero-order valence-electron chi connectivity index (χ0n) is 15.9. The van der Waals surface area contributed by atoms with E-state index in [2.05, 4.69) is 36.4 Å². The summed E-state index contributed by atoms with van der Waals surface area (Å²) in [6.07, 6.45) is -0.0706. The van der Waals surface area contributed by atoms with E-state index >= 15 is 0 Å². The smallest absolute Gasteiger partial charge is 0.422 e. The molecular weight excluding hydrogens is 383 g/mol. The van der Waals surface area contributed by atoms with Crippen LogP contribution in [0.4, 0.5) is 13.2 Å². The predicted octanol–water partition coefficient (Wildman–Crippen LogP) is 3.41. The molecular formula is C20H22F3N5O. The van der Waals surface area contributed by atoms with Gasteiger partial charge >= 0.3 is 6.18 Å². The molecule has 2 heterocycles. The van der Waals surface area contributed by atoms with Gasteiger partial charge in [-0.25, -0.2) is 4.98 Å². The number of aromatic amines is 1. The summed E-state index contributed by atoms with van der Waals surface area (Å²) in [6.45, 7) is -0.228. The van der Waals surface area contributed by atoms with Gasteiger partial charge in [-0.05, 0) is 23.6 Å². The molecule has 0 atom stereocenters. The molecule has 6 nitrogen and oxygen atoms in total. The van der Waals surface area contributed by atoms with Gasteiger partial charge < -0.3 is 20.4 Å². The van der Waals surface area contributed by atoms with E-state index in [1.807, 2.05) is 24.4 Å². The van der Waals surface area contributed by atoms with Crippen LogP contribution in [0.3, 0.4) is 0 Å². The van der Waals surface area contributed by atoms with E-state index in [0.717, 1.165) is 17.5 Å². The summed E-state index contributed by atoms with van der Waals surface area (Å²) in [4.78, 5) is 11.3. The predicted molar refractivity (Wildman–Crippen MR) is 106 cm³/mol. The average Bonchev–Trinajstić information content (AvgIpc) is 3.12. The van der Waals surface area contributed by atoms with E-state index in [-0.39, 0.29) is 5.88 Å². The highest BCUT2D eigenvalue weighted by Gasteiger charge is 2.28. The number of fused-ring (bicyclic) bond motifs is 1. The van der Waals surface area contributed by atoms with Crippen molar-refractivity contribution in [1.29, 1.82) is 0 Å². The van der Waals surface area contributed by atoms with Crippen LogP contribution in [-0.2, 0) is 13.0 Å². The molecule has 0 saturated heterocycles. The Morgan fingerprint density at radius 2 is 2.00 bits per heavy atom. The van der Waals surface area contributed by atoms with Crippen molar-refractivity contribution in [3.8, 4) is 5.88 Å². The van der Waals surface area contributed by atoms with Gasteiger partial charge in [-0.1, -0.05) is 24.3 Å². The summed E-state index contributed by atoms with van der Waals surface area (Å²) >= 11 is 0. The van der Waals surface area contributed by atoms with Gasteiger partial charge in [0.25, 0.3) is 0 Å². The molecule has 0 unspecified atom stereocenters. The Balaban J connectivity index is 1.44. The fourth-order valence-electron chi connectivity index (χ4n) is 2.82. The Bertz CT molecular complexity index is 951. The third-order valence-electron chi connectivity index (χ3n) is 4.23. The molecule has 0 aliphatic rings. The first-order valence-electron chi connectivity index (χ1n) is 9.08. The molecule has 0 spiro atoms. The third kappa shape index (κ3) is 6.13. The number of H-pyrrole nitrogens is 1. The largest absolute Gasteiger partial charge is 0.468 e. The highest BCUT2D eigenvalue weighted by molar-refractivity contribution is 5.83. The van der Waals surface area contributed by atoms with Gasteiger partial charge in [0.1, 0.15) is 0 Å². The van der Waals surface area contributed by atoms with Crippen LogP contribution in [0.25, 0.3) is 10.9 Å². The molecule has 0 saturated carbocycles. The SMILES string of the molecule is CN=C(NCCc1c[nH]c2ccccc12)NCc1ccc(OCC(F)(F)F)nc1. The number of halogens is 3. The van der Waals surface area contributed by atoms with Gasteiger partial charge in [-0.15, -0.1) is 0 Å². The first-order valence-corrected chi connectivity index (χ1v) is 9.08. The summed E-state index contributed by atoms with van der Waals surface area (Å²) in [5.74, 6) is 0.564. The van der Waals surface area contributed by atoms with Gasteiger partial charge in [-0.2, -0.15) is 13.2 Å². The highest BCUT2D eigenvalue weighted by atomic mass is 19.4. The second kappa shape index (κ2) is 9.31. The summed E-state index contributed by atoms with van der Waals surface area (Å²) < 4.78 is 41.1. The lowest BCUT2D eigenvalue weighted by atomic mass is 10.1. The second-order valence-corrected chi connectivity index (χ2v) is 6.37. The van der Waals surface area contributed by atoms with Gasteiger partial charge in [0.2, 0.25) is 5.88 Å². The van der Waals surface area contributed by atoms with Crippen molar-refractivity contribution < 1.29 is 17.9 Å². The molecule has 29 heavy (non-hydrogen) atoms. The number of pyridine rings is 1. The van der Waals surface area contributed by atoms with Gasteiger partial charge in [0, 0.05) is 49.5 Å². The summed E-state index contributed by atoms with van der Waals surface area (Å²) in [7, 11) is 1.67. The molecule has 0 aliphatic carbocycles. The Kier molecular flexibility index (Phi) is 6.58. The molecule has 2 aromatic heterocycles. The van der Waals surface area contributed by atoms with E-state index in [0.29, 0.717) is 19.0 Å². The maximum Gasteiger partial charge on any atom is 0.422 e. The van der Waals surface area contributed by atoms with Crippen LogP contribution in [0.1, 0.15) is 11.1 Å². The third-order valence-corrected chi connectivity index (χ3v) is 4.23. The van der Waals surface area contributed by atoms with Crippen LogP contribution in [0.15, 0.2) is 53.8 Å². The molecule has 3 N–H and O–H groups in total. The van der Waals surface area contributed by atoms with Crippen molar-refractivity contribution in [2.75, 3.05) is 20.2 Å². The highest BCUT2D eigenvalue weighted by Crippen LogP contribution is 2.18. The standard InChI is InChI=1S/C20H22F3N5O/c1-24-19(25-9-8-15-12-26-17-5-3-2-4-16(15)17)28-11-14-6-7-18(27-10-14)29-13-20(21,22)23/h2-7,10,12,26H,8-9,11,13H2,1H3,(H2,24,25,28). The fourth-order valence-corrected chi connectivity index (χ4v) is 2.82. The summed E-state index contributed by atoms with van der Waals surface area (Å²) in [6, 6.07) is 11.2. The lowest BCUT2D eigenvalue weighted by molar-refractivity contribution is -0.154. The van der Waals surface area contributed by atoms with E-state index in [9.17, 15) is 13.2 Å². The number of rotatable bonds is 7. The van der Waals surface area contributed by atoms with Crippen molar-refractivity contribution in [1.82, 2.24) is 20.6 Å². The first kappa shape index (κ1) is 20.5. The van der Waals surface area contributed by atoms with Crippen molar-refractivity contribution in [3.05, 3.63) is 59.9 Å². The topological polar surface area (TPSA) is 74.3 Å². The van der Waals surface area contributed by atoms with Gasteiger partial charge in [-0.3, -0.25) is 4.99 Å². The molecule has 1 aromatic carbocycles. The number of ether oxygens (including phenoxy) is 1. The minimum atomic E-state index is -4.38. The van der Waals surface area contributed by atoms with Crippen LogP contribution in [0.2, 0.25) is 0 Å². The minimum absolute atomic E-state index is 0.0627. The molecule has 0 amide bonds. The lowest BCUT2D eigenvalue weighted by Gasteiger charge is -2.12. The lowest BCUT2D eigenvalue weighted by Crippen LogP contribution is -2.37. The molecule has 0 fully saturated rings. The maximum absolute atomic E-state index is 12.2. The Morgan fingerprint density at radius 1 is 1.17 bits per heavy atom. The number of alkyl halides is 3. The number of hydrogen-bond donors (Lipinski definition) is 3. The molecule has 3 rings (SSSR count). The number of aliphatic imine (C=N–C) groups is 1. The molecule has 154 valence electrons. The van der Waals surface area contributed by atoms with Crippen molar-refractivity contribution in [2.45, 2.75) is 19.1 Å². The Labute approximate surface area is 166 Å². The van der Waals surface area contributed by atoms with Crippen LogP contribution in [0, 0.1) is 0 Å². The van der Waals surface area contributed by atoms with Gasteiger partial charge in [0.05, 0.1) is 0 Å². The molecule has 3 aromatic rings. The van der Waals surface area contributed by atoms with Crippen LogP contribution >= 0.6 is 0 Å². The quantitative estimate of drug-likeness (QED) is 0.416. The second-order valence-electron chi connectivity index (χ2n) is 6.37. The first-order chi connectivity index (χ1) is 13.9. The monoisotopic (exact) mass is 405 g/mol.